The maximum absolute atomic E-state index is 13.2. The van der Waals surface area contributed by atoms with Gasteiger partial charge in [-0.05, 0) is 75.6 Å². The van der Waals surface area contributed by atoms with Crippen molar-refractivity contribution in [3.8, 4) is 10.4 Å². The van der Waals surface area contributed by atoms with Crippen molar-refractivity contribution in [1.82, 2.24) is 29.9 Å². The first-order chi connectivity index (χ1) is 22.8. The van der Waals surface area contributed by atoms with E-state index in [0.29, 0.717) is 16.8 Å². The zero-order valence-corrected chi connectivity index (χ0v) is 29.3. The number of hydrogen-bond donors (Lipinski definition) is 1. The van der Waals surface area contributed by atoms with Gasteiger partial charge in [-0.2, -0.15) is 5.10 Å². The van der Waals surface area contributed by atoms with Crippen LogP contribution in [0.4, 0.5) is 21.9 Å². The molecular weight excluding hydrogens is 633 g/mol. The van der Waals surface area contributed by atoms with Crippen molar-refractivity contribution in [3.05, 3.63) is 53.5 Å². The number of thiazole rings is 2. The van der Waals surface area contributed by atoms with Gasteiger partial charge in [-0.3, -0.25) is 4.68 Å². The SMILES string of the molecule is CCOC(=O)c1nc(N(C)c2cc(C)c(Nc3nc4ccccc4s3)nn2)sc1-c1cnn(CC2(CCCOC)CCCCC2)c1C. The number of aromatic nitrogens is 6. The van der Waals surface area contributed by atoms with Gasteiger partial charge >= 0.3 is 5.97 Å². The number of nitrogens with zero attached hydrogens (tertiary/aromatic N) is 7. The normalized spacial score (nSPS) is 14.4. The van der Waals surface area contributed by atoms with E-state index in [9.17, 15) is 4.79 Å². The molecule has 1 aromatic carbocycles. The number of ether oxygens (including phenoxy) is 2. The van der Waals surface area contributed by atoms with Gasteiger partial charge in [0.1, 0.15) is 0 Å². The largest absolute Gasteiger partial charge is 0.461 e. The Bertz CT molecular complexity index is 1810. The number of aryl methyl sites for hydroxylation is 1. The summed E-state index contributed by atoms with van der Waals surface area (Å²) in [6.07, 6.45) is 10.2. The molecule has 11 nitrogen and oxygen atoms in total. The molecule has 1 fully saturated rings. The highest BCUT2D eigenvalue weighted by Crippen LogP contribution is 2.43. The Morgan fingerprint density at radius 3 is 2.66 bits per heavy atom. The summed E-state index contributed by atoms with van der Waals surface area (Å²) in [7, 11) is 3.65. The van der Waals surface area contributed by atoms with E-state index in [1.54, 1.807) is 25.4 Å². The van der Waals surface area contributed by atoms with E-state index >= 15 is 0 Å². The van der Waals surface area contributed by atoms with Gasteiger partial charge in [0.2, 0.25) is 0 Å². The summed E-state index contributed by atoms with van der Waals surface area (Å²) in [4.78, 5) is 25.2. The lowest BCUT2D eigenvalue weighted by atomic mass is 9.71. The lowest BCUT2D eigenvalue weighted by molar-refractivity contribution is 0.0521. The molecule has 0 radical (unpaired) electrons. The summed E-state index contributed by atoms with van der Waals surface area (Å²) in [5.74, 6) is 0.788. The van der Waals surface area contributed by atoms with Gasteiger partial charge in [-0.1, -0.05) is 54.1 Å². The molecule has 1 aliphatic carbocycles. The van der Waals surface area contributed by atoms with Crippen LogP contribution in [-0.2, 0) is 16.0 Å². The second-order valence-electron chi connectivity index (χ2n) is 12.3. The first kappa shape index (κ1) is 33.0. The van der Waals surface area contributed by atoms with Crippen LogP contribution >= 0.6 is 22.7 Å². The molecule has 1 aliphatic rings. The molecule has 6 rings (SSSR count). The Hall–Kier alpha value is -3.94. The fourth-order valence-corrected chi connectivity index (χ4v) is 8.33. The quantitative estimate of drug-likeness (QED) is 0.0969. The molecule has 0 saturated heterocycles. The van der Waals surface area contributed by atoms with Crippen LogP contribution in [0.15, 0.2) is 36.5 Å². The summed E-state index contributed by atoms with van der Waals surface area (Å²) >= 11 is 3.00. The molecule has 13 heteroatoms. The molecule has 248 valence electrons. The van der Waals surface area contributed by atoms with Crippen LogP contribution in [-0.4, -0.2) is 63.3 Å². The highest BCUT2D eigenvalue weighted by molar-refractivity contribution is 7.22. The number of anilines is 4. The number of rotatable bonds is 13. The molecule has 5 aromatic rings. The van der Waals surface area contributed by atoms with Crippen LogP contribution < -0.4 is 10.2 Å². The molecule has 0 unspecified atom stereocenters. The second kappa shape index (κ2) is 14.4. The number of methoxy groups -OCH3 is 1. The zero-order valence-electron chi connectivity index (χ0n) is 27.7. The molecule has 0 atom stereocenters. The van der Waals surface area contributed by atoms with Gasteiger partial charge in [0.15, 0.2) is 27.6 Å². The third-order valence-electron chi connectivity index (χ3n) is 9.01. The van der Waals surface area contributed by atoms with Gasteiger partial charge in [0, 0.05) is 38.6 Å². The van der Waals surface area contributed by atoms with Crippen LogP contribution in [0.1, 0.15) is 73.6 Å². The predicted molar refractivity (Wildman–Crippen MR) is 188 cm³/mol. The monoisotopic (exact) mass is 674 g/mol. The van der Waals surface area contributed by atoms with Crippen LogP contribution in [0.2, 0.25) is 0 Å². The summed E-state index contributed by atoms with van der Waals surface area (Å²) in [5, 5.41) is 18.5. The molecule has 4 aromatic heterocycles. The smallest absolute Gasteiger partial charge is 0.358 e. The first-order valence-corrected chi connectivity index (χ1v) is 17.8. The fourth-order valence-electron chi connectivity index (χ4n) is 6.38. The van der Waals surface area contributed by atoms with Gasteiger partial charge in [-0.15, -0.1) is 10.2 Å². The van der Waals surface area contributed by atoms with Gasteiger partial charge in [0.25, 0.3) is 0 Å². The van der Waals surface area contributed by atoms with Crippen molar-refractivity contribution >= 4 is 60.8 Å². The number of fused-ring (bicyclic) bond motifs is 1. The minimum Gasteiger partial charge on any atom is -0.461 e. The standard InChI is InChI=1S/C34H42N8O3S2/c1-6-45-31(43)28-29(24-20-35-42(23(24)3)21-34(17-12-18-44-5)15-10-7-11-16-34)47-33(37-28)41(4)27-19-22(2)30(40-39-27)38-32-36-25-13-8-9-14-26(25)46-32/h8-9,13-14,19-20H,6-7,10-12,15-18,21H2,1-5H3,(H,36,38,40). The highest BCUT2D eigenvalue weighted by atomic mass is 32.1. The average molecular weight is 675 g/mol. The number of benzene rings is 1. The Labute approximate surface area is 283 Å². The molecule has 1 N–H and O–H groups in total. The van der Waals surface area contributed by atoms with E-state index in [-0.39, 0.29) is 17.7 Å². The number of esters is 1. The number of nitrogens with one attached hydrogen (secondary N) is 1. The van der Waals surface area contributed by atoms with Crippen molar-refractivity contribution in [2.24, 2.45) is 5.41 Å². The maximum Gasteiger partial charge on any atom is 0.358 e. The van der Waals surface area contributed by atoms with Gasteiger partial charge in [-0.25, -0.2) is 14.8 Å². The van der Waals surface area contributed by atoms with E-state index in [2.05, 4.69) is 32.1 Å². The molecule has 0 amide bonds. The van der Waals surface area contributed by atoms with Crippen LogP contribution in [0.5, 0.6) is 0 Å². The Morgan fingerprint density at radius 1 is 1.11 bits per heavy atom. The van der Waals surface area contributed by atoms with Crippen molar-refractivity contribution < 1.29 is 14.3 Å². The molecule has 0 spiro atoms. The number of hydrogen-bond acceptors (Lipinski definition) is 12. The van der Waals surface area contributed by atoms with Crippen LogP contribution in [0.3, 0.4) is 0 Å². The van der Waals surface area contributed by atoms with Crippen molar-refractivity contribution in [3.63, 3.8) is 0 Å². The average Bonchev–Trinajstić information content (AvgIpc) is 3.79. The Kier molecular flexibility index (Phi) is 10.1. The zero-order chi connectivity index (χ0) is 33.0. The summed E-state index contributed by atoms with van der Waals surface area (Å²) in [6.45, 7) is 7.75. The first-order valence-electron chi connectivity index (χ1n) is 16.2. The minimum absolute atomic E-state index is 0.207. The number of carbonyl (C=O) groups excluding carboxylic acids is 1. The fraction of sp³-hybridized carbons (Fsp3) is 0.471. The van der Waals surface area contributed by atoms with Crippen molar-refractivity contribution in [2.75, 3.05) is 37.6 Å². The van der Waals surface area contributed by atoms with E-state index in [1.807, 2.05) is 55.4 Å². The van der Waals surface area contributed by atoms with E-state index < -0.39 is 5.97 Å². The predicted octanol–water partition coefficient (Wildman–Crippen LogP) is 8.09. The highest BCUT2D eigenvalue weighted by Gasteiger charge is 2.34. The number of carbonyl (C=O) groups is 1. The third-order valence-corrected chi connectivity index (χ3v) is 11.1. The maximum atomic E-state index is 13.2. The van der Waals surface area contributed by atoms with Crippen LogP contribution in [0, 0.1) is 19.3 Å². The summed E-state index contributed by atoms with van der Waals surface area (Å²) in [6, 6.07) is 9.97. The van der Waals surface area contributed by atoms with E-state index in [4.69, 9.17) is 19.6 Å². The lowest BCUT2D eigenvalue weighted by Crippen LogP contribution is -2.31. The molecule has 1 saturated carbocycles. The van der Waals surface area contributed by atoms with Crippen LogP contribution in [0.25, 0.3) is 20.7 Å². The molecular formula is C34H42N8O3S2. The minimum atomic E-state index is -0.452. The summed E-state index contributed by atoms with van der Waals surface area (Å²) < 4.78 is 14.1. The van der Waals surface area contributed by atoms with Crippen molar-refractivity contribution in [2.45, 2.75) is 72.3 Å². The van der Waals surface area contributed by atoms with Gasteiger partial charge in [0.05, 0.1) is 27.9 Å². The summed E-state index contributed by atoms with van der Waals surface area (Å²) in [5.41, 5.74) is 4.25. The second-order valence-corrected chi connectivity index (χ2v) is 14.3. The molecule has 0 aliphatic heterocycles. The number of para-hydroxylation sites is 1. The Morgan fingerprint density at radius 2 is 1.91 bits per heavy atom. The topological polar surface area (TPSA) is 120 Å². The van der Waals surface area contributed by atoms with Gasteiger partial charge < -0.3 is 19.7 Å². The van der Waals surface area contributed by atoms with Crippen molar-refractivity contribution in [1.29, 1.82) is 0 Å². The lowest BCUT2D eigenvalue weighted by Gasteiger charge is -2.37. The molecule has 47 heavy (non-hydrogen) atoms. The van der Waals surface area contributed by atoms with E-state index in [0.717, 1.165) is 63.0 Å². The molecule has 0 bridgehead atoms. The Balaban J connectivity index is 1.26. The molecule has 4 heterocycles. The third kappa shape index (κ3) is 7.16. The van der Waals surface area contributed by atoms with E-state index in [1.165, 1.54) is 43.4 Å².